The van der Waals surface area contributed by atoms with E-state index in [9.17, 15) is 19.6 Å². The molecule has 2 aromatic carbocycles. The molecule has 1 saturated heterocycles. The maximum atomic E-state index is 16.1. The van der Waals surface area contributed by atoms with Crippen LogP contribution >= 0.6 is 22.9 Å². The van der Waals surface area contributed by atoms with Gasteiger partial charge in [-0.2, -0.15) is 5.26 Å². The number of halogens is 2. The van der Waals surface area contributed by atoms with Crippen LogP contribution in [0.2, 0.25) is 5.02 Å². The van der Waals surface area contributed by atoms with E-state index in [1.807, 2.05) is 0 Å². The smallest absolute Gasteiger partial charge is 0.412 e. The predicted octanol–water partition coefficient (Wildman–Crippen LogP) is 7.42. The van der Waals surface area contributed by atoms with Crippen LogP contribution < -0.4 is 10.1 Å². The Balaban J connectivity index is 1.50. The highest BCUT2D eigenvalue weighted by Crippen LogP contribution is 2.47. The molecule has 0 bridgehead atoms. The number of rotatable bonds is 2. The summed E-state index contributed by atoms with van der Waals surface area (Å²) in [5.41, 5.74) is -1.03. The van der Waals surface area contributed by atoms with Crippen LogP contribution in [0.1, 0.15) is 63.9 Å². The fourth-order valence-corrected chi connectivity index (χ4v) is 6.82. The number of hydrogen-bond donors (Lipinski definition) is 1. The van der Waals surface area contributed by atoms with Gasteiger partial charge in [-0.05, 0) is 59.2 Å². The molecule has 3 aromatic rings. The molecule has 1 fully saturated rings. The summed E-state index contributed by atoms with van der Waals surface area (Å²) >= 11 is 7.99. The zero-order valence-electron chi connectivity index (χ0n) is 25.9. The molecule has 45 heavy (non-hydrogen) atoms. The van der Waals surface area contributed by atoms with Gasteiger partial charge >= 0.3 is 12.2 Å². The maximum absolute atomic E-state index is 16.1. The summed E-state index contributed by atoms with van der Waals surface area (Å²) in [5.74, 6) is -1.19. The van der Waals surface area contributed by atoms with Gasteiger partial charge in [0.25, 0.3) is 5.91 Å². The lowest BCUT2D eigenvalue weighted by molar-refractivity contribution is 0.00108. The molecule has 1 aromatic heterocycles. The van der Waals surface area contributed by atoms with Gasteiger partial charge in [-0.1, -0.05) is 23.7 Å². The van der Waals surface area contributed by atoms with Crippen LogP contribution in [0.3, 0.4) is 0 Å². The average Bonchev–Trinajstić information content (AvgIpc) is 3.28. The summed E-state index contributed by atoms with van der Waals surface area (Å²) in [6, 6.07) is 7.95. The minimum atomic E-state index is -0.774. The van der Waals surface area contributed by atoms with Crippen molar-refractivity contribution in [3.8, 4) is 22.9 Å². The molecule has 3 heterocycles. The predicted molar refractivity (Wildman–Crippen MR) is 170 cm³/mol. The highest BCUT2D eigenvalue weighted by Gasteiger charge is 2.38. The van der Waals surface area contributed by atoms with E-state index in [2.05, 4.69) is 11.4 Å². The summed E-state index contributed by atoms with van der Waals surface area (Å²) in [6.45, 7) is 11.4. The summed E-state index contributed by atoms with van der Waals surface area (Å²) in [7, 11) is 0. The van der Waals surface area contributed by atoms with Gasteiger partial charge in [-0.25, -0.2) is 14.0 Å². The summed E-state index contributed by atoms with van der Waals surface area (Å²) in [5, 5.41) is 13.3. The third-order valence-electron chi connectivity index (χ3n) is 7.21. The number of nitrogens with zero attached hydrogens (tertiary/aromatic N) is 3. The molecule has 1 atom stereocenters. The Morgan fingerprint density at radius 3 is 2.51 bits per heavy atom. The number of nitrogens with one attached hydrogen (secondary N) is 1. The molecular formula is C32H34ClFN4O6S. The number of nitriles is 1. The Bertz CT molecular complexity index is 1740. The molecule has 10 nitrogen and oxygen atoms in total. The number of hydrogen-bond acceptors (Lipinski definition) is 8. The van der Waals surface area contributed by atoms with E-state index in [1.54, 1.807) is 69.5 Å². The summed E-state index contributed by atoms with van der Waals surface area (Å²) < 4.78 is 33.6. The first-order chi connectivity index (χ1) is 21.1. The van der Waals surface area contributed by atoms with E-state index in [0.29, 0.717) is 22.1 Å². The lowest BCUT2D eigenvalue weighted by Gasteiger charge is -2.42. The third-order valence-corrected chi connectivity index (χ3v) is 8.64. The van der Waals surface area contributed by atoms with E-state index < -0.39 is 35.1 Å². The second kappa shape index (κ2) is 12.0. The Morgan fingerprint density at radius 1 is 1.13 bits per heavy atom. The number of piperazine rings is 1. The first-order valence-electron chi connectivity index (χ1n) is 14.5. The van der Waals surface area contributed by atoms with Crippen LogP contribution in [-0.2, 0) is 9.47 Å². The van der Waals surface area contributed by atoms with E-state index >= 15 is 4.39 Å². The molecule has 2 aliphatic rings. The van der Waals surface area contributed by atoms with Crippen LogP contribution in [0.5, 0.6) is 5.75 Å². The molecule has 5 rings (SSSR count). The largest absolute Gasteiger partial charge is 0.491 e. The van der Waals surface area contributed by atoms with E-state index in [-0.39, 0.29) is 64.7 Å². The van der Waals surface area contributed by atoms with E-state index in [1.165, 1.54) is 0 Å². The topological polar surface area (TPSA) is 121 Å². The number of fused-ring (bicyclic) bond motifs is 3. The lowest BCUT2D eigenvalue weighted by Crippen LogP contribution is -2.58. The second-order valence-electron chi connectivity index (χ2n) is 12.9. The first-order valence-corrected chi connectivity index (χ1v) is 15.7. The Kier molecular flexibility index (Phi) is 8.63. The molecule has 2 aliphatic heterocycles. The zero-order chi connectivity index (χ0) is 32.8. The number of carbonyl (C=O) groups excluding carboxylic acids is 3. The molecule has 0 aliphatic carbocycles. The number of benzene rings is 2. The minimum Gasteiger partial charge on any atom is -0.491 e. The molecule has 0 spiro atoms. The number of thiophene rings is 1. The normalized spacial score (nSPS) is 17.0. The van der Waals surface area contributed by atoms with Crippen LogP contribution in [0.4, 0.5) is 19.0 Å². The summed E-state index contributed by atoms with van der Waals surface area (Å²) in [6.07, 6.45) is -0.776. The molecule has 0 unspecified atom stereocenters. The van der Waals surface area contributed by atoms with Crippen molar-refractivity contribution in [3.05, 3.63) is 46.2 Å². The SMILES string of the molecule is CC(C)(C)OC(=O)Nc1sc2cccc(-c3c(F)cc4c(c3Cl)OCC[C@H]3CN(C(=O)OC(C)(C)C)CCN3C4=O)c2c1C#N. The van der Waals surface area contributed by atoms with Gasteiger partial charge in [0.05, 0.1) is 28.8 Å². The van der Waals surface area contributed by atoms with Crippen molar-refractivity contribution in [2.24, 2.45) is 0 Å². The third kappa shape index (κ3) is 6.65. The highest BCUT2D eigenvalue weighted by atomic mass is 35.5. The maximum Gasteiger partial charge on any atom is 0.412 e. The second-order valence-corrected chi connectivity index (χ2v) is 14.3. The molecule has 0 radical (unpaired) electrons. The van der Waals surface area contributed by atoms with Crippen molar-refractivity contribution in [1.82, 2.24) is 9.80 Å². The van der Waals surface area contributed by atoms with Gasteiger partial charge in [-0.3, -0.25) is 10.1 Å². The van der Waals surface area contributed by atoms with E-state index in [4.69, 9.17) is 25.8 Å². The van der Waals surface area contributed by atoms with Gasteiger partial charge in [0.15, 0.2) is 5.75 Å². The van der Waals surface area contributed by atoms with Gasteiger partial charge in [0, 0.05) is 41.7 Å². The average molecular weight is 657 g/mol. The van der Waals surface area contributed by atoms with Crippen molar-refractivity contribution in [2.75, 3.05) is 31.6 Å². The highest BCUT2D eigenvalue weighted by molar-refractivity contribution is 7.23. The van der Waals surface area contributed by atoms with Crippen LogP contribution in [0.25, 0.3) is 21.2 Å². The Labute approximate surface area is 269 Å². The summed E-state index contributed by atoms with van der Waals surface area (Å²) in [4.78, 5) is 42.2. The Morgan fingerprint density at radius 2 is 1.84 bits per heavy atom. The molecule has 0 saturated carbocycles. The van der Waals surface area contributed by atoms with Gasteiger partial charge < -0.3 is 24.0 Å². The zero-order valence-corrected chi connectivity index (χ0v) is 27.5. The van der Waals surface area contributed by atoms with Gasteiger partial charge in [0.2, 0.25) is 0 Å². The van der Waals surface area contributed by atoms with Crippen LogP contribution in [0, 0.1) is 17.1 Å². The lowest BCUT2D eigenvalue weighted by atomic mass is 9.96. The molecule has 238 valence electrons. The number of ether oxygens (including phenoxy) is 3. The molecule has 13 heteroatoms. The fraction of sp³-hybridized carbons (Fsp3) is 0.438. The van der Waals surface area contributed by atoms with Crippen LogP contribution in [-0.4, -0.2) is 71.4 Å². The monoisotopic (exact) mass is 656 g/mol. The Hall–Kier alpha value is -4.08. The standard InChI is InChI=1S/C32H34ClFN4O6S/c1-31(2,3)43-29(40)36-27-20(15-35)23-18(8-7-9-22(23)45-27)24-21(34)14-19-26(25(24)33)42-13-10-17-16-37(11-12-38(17)28(19)39)30(41)44-32(4,5)6/h7-9,14,17H,10-13,16H2,1-6H3,(H,36,40)/t17-/m0/s1. The van der Waals surface area contributed by atoms with Crippen molar-refractivity contribution in [2.45, 2.75) is 65.2 Å². The fourth-order valence-electron chi connectivity index (χ4n) is 5.41. The van der Waals surface area contributed by atoms with Crippen molar-refractivity contribution >= 4 is 56.1 Å². The number of amides is 3. The molecule has 3 amide bonds. The molecular weight excluding hydrogens is 623 g/mol. The van der Waals surface area contributed by atoms with Crippen molar-refractivity contribution in [3.63, 3.8) is 0 Å². The first kappa shape index (κ1) is 32.3. The van der Waals surface area contributed by atoms with Crippen molar-refractivity contribution < 1.29 is 33.0 Å². The van der Waals surface area contributed by atoms with E-state index in [0.717, 1.165) is 17.4 Å². The van der Waals surface area contributed by atoms with Gasteiger partial charge in [-0.15, -0.1) is 11.3 Å². The quantitative estimate of drug-likeness (QED) is 0.305. The van der Waals surface area contributed by atoms with Crippen molar-refractivity contribution in [1.29, 1.82) is 5.26 Å². The minimum absolute atomic E-state index is 0.0260. The van der Waals surface area contributed by atoms with Crippen LogP contribution in [0.15, 0.2) is 24.3 Å². The van der Waals surface area contributed by atoms with Gasteiger partial charge in [0.1, 0.15) is 28.1 Å². The number of carbonyl (C=O) groups is 3. The number of anilines is 1. The molecule has 1 N–H and O–H groups in total.